The van der Waals surface area contributed by atoms with Crippen LogP contribution in [-0.2, 0) is 9.59 Å². The molecule has 2 amide bonds. The molecule has 2 aromatic rings. The van der Waals surface area contributed by atoms with Crippen LogP contribution in [0.5, 0.6) is 5.75 Å². The fourth-order valence-electron chi connectivity index (χ4n) is 2.67. The summed E-state index contributed by atoms with van der Waals surface area (Å²) in [5, 5.41) is 10.8. The number of rotatable bonds is 4. The Morgan fingerprint density at radius 2 is 1.69 bits per heavy atom. The first-order valence-corrected chi connectivity index (χ1v) is 7.80. The smallest absolute Gasteiger partial charge is 0.343 e. The van der Waals surface area contributed by atoms with Crippen LogP contribution in [0.3, 0.4) is 0 Å². The van der Waals surface area contributed by atoms with Crippen LogP contribution < -0.4 is 9.64 Å². The molecule has 0 radical (unpaired) electrons. The molecule has 8 nitrogen and oxygen atoms in total. The molecule has 0 N–H and O–H groups in total. The first-order chi connectivity index (χ1) is 12.4. The van der Waals surface area contributed by atoms with Crippen molar-refractivity contribution in [2.24, 2.45) is 0 Å². The van der Waals surface area contributed by atoms with Crippen LogP contribution >= 0.6 is 0 Å². The summed E-state index contributed by atoms with van der Waals surface area (Å²) in [7, 11) is 0. The van der Waals surface area contributed by atoms with Gasteiger partial charge in [-0.2, -0.15) is 0 Å². The Morgan fingerprint density at radius 3 is 2.23 bits per heavy atom. The summed E-state index contributed by atoms with van der Waals surface area (Å²) in [6.45, 7) is 1.55. The molecule has 1 heterocycles. The zero-order valence-corrected chi connectivity index (χ0v) is 13.8. The van der Waals surface area contributed by atoms with Crippen LogP contribution in [0.2, 0.25) is 0 Å². The van der Waals surface area contributed by atoms with E-state index in [0.717, 1.165) is 4.90 Å². The van der Waals surface area contributed by atoms with E-state index in [0.29, 0.717) is 11.3 Å². The van der Waals surface area contributed by atoms with Crippen LogP contribution in [0.1, 0.15) is 28.8 Å². The highest BCUT2D eigenvalue weighted by molar-refractivity contribution is 6.19. The Balaban J connectivity index is 1.74. The number of hydrogen-bond acceptors (Lipinski definition) is 6. The standard InChI is InChI=1S/C18H14N2O6/c1-11-10-14(6-7-15(11)20(24)25)26-18(23)12-2-4-13(5-3-12)19-16(21)8-9-17(19)22/h2-7,10H,8-9H2,1H3. The summed E-state index contributed by atoms with van der Waals surface area (Å²) < 4.78 is 5.21. The Bertz CT molecular complexity index is 904. The van der Waals surface area contributed by atoms with Crippen molar-refractivity contribution in [1.29, 1.82) is 0 Å². The minimum atomic E-state index is -0.649. The Hall–Kier alpha value is -3.55. The normalized spacial score (nSPS) is 13.8. The molecule has 1 saturated heterocycles. The summed E-state index contributed by atoms with van der Waals surface area (Å²) in [5.74, 6) is -1.01. The number of carbonyl (C=O) groups excluding carboxylic acids is 3. The molecule has 0 aliphatic carbocycles. The van der Waals surface area contributed by atoms with Crippen molar-refractivity contribution in [2.45, 2.75) is 19.8 Å². The molecule has 1 fully saturated rings. The van der Waals surface area contributed by atoms with Gasteiger partial charge < -0.3 is 4.74 Å². The van der Waals surface area contributed by atoms with Crippen molar-refractivity contribution in [3.8, 4) is 5.75 Å². The van der Waals surface area contributed by atoms with E-state index in [9.17, 15) is 24.5 Å². The number of nitrogens with zero attached hydrogens (tertiary/aromatic N) is 2. The van der Waals surface area contributed by atoms with Gasteiger partial charge in [0.25, 0.3) is 5.69 Å². The molecular weight excluding hydrogens is 340 g/mol. The van der Waals surface area contributed by atoms with E-state index < -0.39 is 10.9 Å². The van der Waals surface area contributed by atoms with Crippen LogP contribution in [0, 0.1) is 17.0 Å². The molecule has 2 aromatic carbocycles. The molecule has 0 unspecified atom stereocenters. The van der Waals surface area contributed by atoms with Crippen molar-refractivity contribution in [3.05, 3.63) is 63.7 Å². The largest absolute Gasteiger partial charge is 0.423 e. The van der Waals surface area contributed by atoms with E-state index in [1.54, 1.807) is 6.92 Å². The summed E-state index contributed by atoms with van der Waals surface area (Å²) in [5.41, 5.74) is 0.944. The number of benzene rings is 2. The van der Waals surface area contributed by atoms with Gasteiger partial charge in [-0.25, -0.2) is 4.79 Å². The first-order valence-electron chi connectivity index (χ1n) is 7.80. The van der Waals surface area contributed by atoms with Gasteiger partial charge >= 0.3 is 5.97 Å². The number of amides is 2. The third kappa shape index (κ3) is 3.30. The van der Waals surface area contributed by atoms with E-state index in [1.165, 1.54) is 42.5 Å². The predicted octanol–water partition coefficient (Wildman–Crippen LogP) is 2.78. The maximum Gasteiger partial charge on any atom is 0.343 e. The average molecular weight is 354 g/mol. The summed E-state index contributed by atoms with van der Waals surface area (Å²) in [6, 6.07) is 9.93. The zero-order chi connectivity index (χ0) is 18.8. The van der Waals surface area contributed by atoms with Gasteiger partial charge in [-0.3, -0.25) is 24.6 Å². The van der Waals surface area contributed by atoms with Crippen molar-refractivity contribution in [2.75, 3.05) is 4.90 Å². The van der Waals surface area contributed by atoms with Gasteiger partial charge in [0.15, 0.2) is 0 Å². The van der Waals surface area contributed by atoms with Gasteiger partial charge in [-0.1, -0.05) is 0 Å². The van der Waals surface area contributed by atoms with Gasteiger partial charge in [0.05, 0.1) is 16.2 Å². The molecule has 0 atom stereocenters. The number of nitro benzene ring substituents is 1. The summed E-state index contributed by atoms with van der Waals surface area (Å²) >= 11 is 0. The Labute approximate surface area is 148 Å². The number of ether oxygens (including phenoxy) is 1. The molecule has 3 rings (SSSR count). The predicted molar refractivity (Wildman–Crippen MR) is 91.0 cm³/mol. The van der Waals surface area contributed by atoms with Crippen molar-refractivity contribution < 1.29 is 24.0 Å². The van der Waals surface area contributed by atoms with E-state index in [-0.39, 0.29) is 41.7 Å². The molecule has 1 aliphatic heterocycles. The van der Waals surface area contributed by atoms with Gasteiger partial charge in [0.1, 0.15) is 5.75 Å². The molecule has 0 spiro atoms. The molecule has 1 aliphatic rings. The van der Waals surface area contributed by atoms with Crippen LogP contribution in [0.15, 0.2) is 42.5 Å². The van der Waals surface area contributed by atoms with Crippen molar-refractivity contribution >= 4 is 29.2 Å². The van der Waals surface area contributed by atoms with Gasteiger partial charge in [0, 0.05) is 24.5 Å². The number of aryl methyl sites for hydroxylation is 1. The van der Waals surface area contributed by atoms with Crippen LogP contribution in [-0.4, -0.2) is 22.7 Å². The van der Waals surface area contributed by atoms with Gasteiger partial charge in [0.2, 0.25) is 11.8 Å². The number of nitro groups is 1. The fraction of sp³-hybridized carbons (Fsp3) is 0.167. The third-order valence-corrected chi connectivity index (χ3v) is 3.99. The topological polar surface area (TPSA) is 107 Å². The highest BCUT2D eigenvalue weighted by atomic mass is 16.6. The molecule has 0 bridgehead atoms. The second-order valence-electron chi connectivity index (χ2n) is 5.76. The molecule has 132 valence electrons. The molecule has 26 heavy (non-hydrogen) atoms. The van der Waals surface area contributed by atoms with E-state index in [1.807, 2.05) is 0 Å². The van der Waals surface area contributed by atoms with Gasteiger partial charge in [-0.15, -0.1) is 0 Å². The second kappa shape index (κ2) is 6.75. The van der Waals surface area contributed by atoms with Crippen molar-refractivity contribution in [1.82, 2.24) is 0 Å². The lowest BCUT2D eigenvalue weighted by Gasteiger charge is -2.14. The highest BCUT2D eigenvalue weighted by Crippen LogP contribution is 2.25. The maximum absolute atomic E-state index is 12.2. The molecular formula is C18H14N2O6. The molecule has 0 saturated carbocycles. The van der Waals surface area contributed by atoms with Crippen molar-refractivity contribution in [3.63, 3.8) is 0 Å². The van der Waals surface area contributed by atoms with Gasteiger partial charge in [-0.05, 0) is 43.3 Å². The van der Waals surface area contributed by atoms with E-state index in [4.69, 9.17) is 4.74 Å². The zero-order valence-electron chi connectivity index (χ0n) is 13.8. The lowest BCUT2D eigenvalue weighted by Crippen LogP contribution is -2.28. The monoisotopic (exact) mass is 354 g/mol. The first kappa shape index (κ1) is 17.3. The number of carbonyl (C=O) groups is 3. The maximum atomic E-state index is 12.2. The number of anilines is 1. The minimum absolute atomic E-state index is 0.0610. The summed E-state index contributed by atoms with van der Waals surface area (Å²) in [4.78, 5) is 47.0. The Morgan fingerprint density at radius 1 is 1.08 bits per heavy atom. The Kier molecular flexibility index (Phi) is 4.49. The second-order valence-corrected chi connectivity index (χ2v) is 5.76. The highest BCUT2D eigenvalue weighted by Gasteiger charge is 2.30. The minimum Gasteiger partial charge on any atom is -0.423 e. The van der Waals surface area contributed by atoms with Crippen LogP contribution in [0.4, 0.5) is 11.4 Å². The number of hydrogen-bond donors (Lipinski definition) is 0. The lowest BCUT2D eigenvalue weighted by molar-refractivity contribution is -0.385. The fourth-order valence-corrected chi connectivity index (χ4v) is 2.67. The lowest BCUT2D eigenvalue weighted by atomic mass is 10.2. The molecule has 0 aromatic heterocycles. The SMILES string of the molecule is Cc1cc(OC(=O)c2ccc(N3C(=O)CCC3=O)cc2)ccc1[N+](=O)[O-]. The quantitative estimate of drug-likeness (QED) is 0.275. The summed E-state index contributed by atoms with van der Waals surface area (Å²) in [6.07, 6.45) is 0.365. The van der Waals surface area contributed by atoms with E-state index in [2.05, 4.69) is 0 Å². The number of imide groups is 1. The number of esters is 1. The third-order valence-electron chi connectivity index (χ3n) is 3.99. The molecule has 8 heteroatoms. The van der Waals surface area contributed by atoms with Crippen LogP contribution in [0.25, 0.3) is 0 Å². The van der Waals surface area contributed by atoms with E-state index >= 15 is 0 Å². The average Bonchev–Trinajstić information content (AvgIpc) is 2.93.